The topological polar surface area (TPSA) is 104 Å². The van der Waals surface area contributed by atoms with Crippen molar-refractivity contribution < 1.29 is 33.3 Å². The lowest BCUT2D eigenvalue weighted by molar-refractivity contribution is -2.00. The summed E-state index contributed by atoms with van der Waals surface area (Å²) in [5.41, 5.74) is 7.13. The molecule has 144 valence electrons. The maximum absolute atomic E-state index is 8.49. The second kappa shape index (κ2) is 8.50. The first-order chi connectivity index (χ1) is 12.8. The highest BCUT2D eigenvalue weighted by Crippen LogP contribution is 2.38. The molecule has 27 heavy (non-hydrogen) atoms. The van der Waals surface area contributed by atoms with Crippen LogP contribution in [0.5, 0.6) is 0 Å². The zero-order chi connectivity index (χ0) is 19.4. The molecule has 1 heterocycles. The first-order valence-electron chi connectivity index (χ1n) is 9.18. The third-order valence-corrected chi connectivity index (χ3v) is 5.13. The number of allylic oxidation sites excluding steroid dienone is 1. The Bertz CT molecular complexity index is 819. The molecule has 1 aromatic heterocycles. The smallest absolute Gasteiger partial charge is 0.222 e. The number of hydrogen-bond acceptors (Lipinski definition) is 4. The zero-order valence-corrected chi connectivity index (χ0v) is 16.1. The van der Waals surface area contributed by atoms with Crippen molar-refractivity contribution in [2.24, 2.45) is 0 Å². The number of fused-ring (bicyclic) bond motifs is 2. The minimum atomic E-state index is -4.94. The summed E-state index contributed by atoms with van der Waals surface area (Å²) in [7, 11) is -4.94. The minimum absolute atomic E-state index is 1.11. The number of halogens is 1. The van der Waals surface area contributed by atoms with Crippen LogP contribution in [-0.4, -0.2) is 0 Å². The molecular weight excluding hydrogens is 368 g/mol. The van der Waals surface area contributed by atoms with Crippen molar-refractivity contribution in [1.82, 2.24) is 0 Å². The van der Waals surface area contributed by atoms with Crippen molar-refractivity contribution in [3.8, 4) is 0 Å². The quantitative estimate of drug-likeness (QED) is 0.672. The predicted octanol–water partition coefficient (Wildman–Crippen LogP) is 0.869. The molecule has 0 unspecified atom stereocenters. The average Bonchev–Trinajstić information content (AvgIpc) is 2.62. The molecule has 2 aliphatic rings. The fourth-order valence-electron chi connectivity index (χ4n) is 3.94. The van der Waals surface area contributed by atoms with Gasteiger partial charge in [-0.15, -0.1) is 10.2 Å². The van der Waals surface area contributed by atoms with E-state index in [9.17, 15) is 0 Å². The summed E-state index contributed by atoms with van der Waals surface area (Å²) >= 11 is 0. The van der Waals surface area contributed by atoms with Crippen molar-refractivity contribution in [3.63, 3.8) is 0 Å². The maximum atomic E-state index is 8.49. The first kappa shape index (κ1) is 20.0. The summed E-state index contributed by atoms with van der Waals surface area (Å²) in [4.78, 5) is 0. The van der Waals surface area contributed by atoms with Gasteiger partial charge in [-0.2, -0.15) is 0 Å². The molecule has 0 fully saturated rings. The lowest BCUT2D eigenvalue weighted by atomic mass is 9.84. The van der Waals surface area contributed by atoms with Crippen LogP contribution in [-0.2, 0) is 19.3 Å². The van der Waals surface area contributed by atoms with Crippen LogP contribution in [0.4, 0.5) is 0 Å². The molecule has 1 aromatic carbocycles. The van der Waals surface area contributed by atoms with E-state index in [1.807, 2.05) is 0 Å². The lowest BCUT2D eigenvalue weighted by Crippen LogP contribution is -2.68. The Kier molecular flexibility index (Phi) is 6.29. The van der Waals surface area contributed by atoms with Gasteiger partial charge < -0.3 is 0 Å². The van der Waals surface area contributed by atoms with E-state index in [4.69, 9.17) is 23.1 Å². The lowest BCUT2D eigenvalue weighted by Gasteiger charge is -2.18. The average molecular weight is 391 g/mol. The molecule has 0 aliphatic heterocycles. The third-order valence-electron chi connectivity index (χ3n) is 5.13. The van der Waals surface area contributed by atoms with Gasteiger partial charge in [0.25, 0.3) is 0 Å². The number of rotatable bonds is 1. The fraction of sp³-hybridized carbons (Fsp3) is 0.381. The molecule has 0 spiro atoms. The summed E-state index contributed by atoms with van der Waals surface area (Å²) in [6, 6.07) is 10.6. The first-order valence-corrected chi connectivity index (χ1v) is 10.4. The van der Waals surface area contributed by atoms with Gasteiger partial charge in [0.2, 0.25) is 0 Å². The van der Waals surface area contributed by atoms with Gasteiger partial charge in [0.15, 0.2) is 0 Å². The largest absolute Gasteiger partial charge is 0.359 e. The SMILES string of the molecule is Cc1c2c([o+]c3c1CCC/C3=C\c1ccccc1)CCCC2.[O-][Cl+3]([O-])([O-])[O-]. The molecular formula is C21H23ClO5. The molecule has 5 nitrogen and oxygen atoms in total. The van der Waals surface area contributed by atoms with E-state index in [1.54, 1.807) is 0 Å². The molecule has 6 heteroatoms. The standard InChI is InChI=1S/C21H23O.ClHO4/c1-15-18-11-5-6-13-20(18)22-21-17(10-7-12-19(15)21)14-16-8-3-2-4-9-16;2-1(3,4)5/h2-4,8-9,14H,5-7,10-13H2,1H3;(H,2,3,4,5)/q+1;/p-1/b17-14+;. The van der Waals surface area contributed by atoms with Gasteiger partial charge in [0, 0.05) is 0 Å². The number of hydrogen-bond donors (Lipinski definition) is 0. The summed E-state index contributed by atoms with van der Waals surface area (Å²) in [6.45, 7) is 2.31. The van der Waals surface area contributed by atoms with Crippen LogP contribution in [0.15, 0.2) is 34.7 Å². The summed E-state index contributed by atoms with van der Waals surface area (Å²) in [5, 5.41) is 0. The molecule has 0 atom stereocenters. The van der Waals surface area contributed by atoms with Crippen molar-refractivity contribution >= 4 is 11.6 Å². The number of benzene rings is 1. The zero-order valence-electron chi connectivity index (χ0n) is 15.3. The van der Waals surface area contributed by atoms with Gasteiger partial charge in [-0.1, -0.05) is 30.3 Å². The van der Waals surface area contributed by atoms with Crippen LogP contribution in [0.2, 0.25) is 0 Å². The van der Waals surface area contributed by atoms with E-state index in [0.717, 1.165) is 12.8 Å². The van der Waals surface area contributed by atoms with Gasteiger partial charge in [-0.05, 0) is 62.7 Å². The summed E-state index contributed by atoms with van der Waals surface area (Å²) in [5.74, 6) is 2.43. The molecule has 0 radical (unpaired) electrons. The fourth-order valence-corrected chi connectivity index (χ4v) is 3.94. The van der Waals surface area contributed by atoms with Crippen LogP contribution >= 0.6 is 0 Å². The molecule has 0 N–H and O–H groups in total. The van der Waals surface area contributed by atoms with Gasteiger partial charge >= 0.3 is 11.5 Å². The van der Waals surface area contributed by atoms with E-state index in [-0.39, 0.29) is 0 Å². The Balaban J connectivity index is 0.000000376. The van der Waals surface area contributed by atoms with E-state index in [0.29, 0.717) is 0 Å². The Labute approximate surface area is 161 Å². The second-order valence-corrected chi connectivity index (χ2v) is 7.71. The maximum Gasteiger partial charge on any atom is 0.359 e. The number of aryl methyl sites for hydroxylation is 1. The highest BCUT2D eigenvalue weighted by molar-refractivity contribution is 5.81. The van der Waals surface area contributed by atoms with Gasteiger partial charge in [-0.25, -0.2) is 23.1 Å². The van der Waals surface area contributed by atoms with Gasteiger partial charge in [0.1, 0.15) is 0 Å². The molecule has 0 saturated carbocycles. The Morgan fingerprint density at radius 1 is 0.852 bits per heavy atom. The highest BCUT2D eigenvalue weighted by atomic mass is 35.7. The van der Waals surface area contributed by atoms with Crippen LogP contribution in [0.25, 0.3) is 11.6 Å². The summed E-state index contributed by atoms with van der Waals surface area (Å²) in [6.07, 6.45) is 10.8. The Hall–Kier alpha value is -1.76. The molecule has 4 rings (SSSR count). The van der Waals surface area contributed by atoms with Crippen LogP contribution in [0, 0.1) is 17.2 Å². The molecule has 2 aromatic rings. The minimum Gasteiger partial charge on any atom is -0.222 e. The Morgan fingerprint density at radius 2 is 1.48 bits per heavy atom. The molecule has 0 saturated heterocycles. The van der Waals surface area contributed by atoms with Crippen molar-refractivity contribution in [3.05, 3.63) is 64.1 Å². The van der Waals surface area contributed by atoms with Gasteiger partial charge in [0.05, 0.1) is 23.1 Å². The normalized spacial score (nSPS) is 17.6. The predicted molar refractivity (Wildman–Crippen MR) is 91.7 cm³/mol. The van der Waals surface area contributed by atoms with Crippen molar-refractivity contribution in [1.29, 1.82) is 0 Å². The van der Waals surface area contributed by atoms with E-state index in [2.05, 4.69) is 43.3 Å². The highest BCUT2D eigenvalue weighted by Gasteiger charge is 2.33. The van der Waals surface area contributed by atoms with Crippen LogP contribution in [0.1, 0.15) is 59.5 Å². The van der Waals surface area contributed by atoms with Crippen molar-refractivity contribution in [2.45, 2.75) is 51.9 Å². The monoisotopic (exact) mass is 390 g/mol. The summed E-state index contributed by atoms with van der Waals surface area (Å²) < 4.78 is 40.4. The van der Waals surface area contributed by atoms with Crippen LogP contribution < -0.4 is 18.6 Å². The van der Waals surface area contributed by atoms with E-state index in [1.165, 1.54) is 71.5 Å². The second-order valence-electron chi connectivity index (χ2n) is 6.96. The third kappa shape index (κ3) is 5.37. The molecule has 2 aliphatic carbocycles. The van der Waals surface area contributed by atoms with Crippen LogP contribution in [0.3, 0.4) is 0 Å². The van der Waals surface area contributed by atoms with E-state index < -0.39 is 10.2 Å². The Morgan fingerprint density at radius 3 is 2.19 bits per heavy atom. The molecule has 0 bridgehead atoms. The van der Waals surface area contributed by atoms with E-state index >= 15 is 0 Å². The molecule has 0 amide bonds. The van der Waals surface area contributed by atoms with Crippen molar-refractivity contribution in [2.75, 3.05) is 0 Å². The van der Waals surface area contributed by atoms with Gasteiger partial charge in [-0.3, -0.25) is 0 Å².